The van der Waals surface area contributed by atoms with Crippen LogP contribution in [-0.2, 0) is 0 Å². The number of pyridine rings is 1. The van der Waals surface area contributed by atoms with Gasteiger partial charge in [0.1, 0.15) is 5.15 Å². The van der Waals surface area contributed by atoms with E-state index in [1.165, 1.54) is 0 Å². The van der Waals surface area contributed by atoms with Crippen molar-refractivity contribution in [3.8, 4) is 0 Å². The van der Waals surface area contributed by atoms with Gasteiger partial charge in [0.05, 0.1) is 5.69 Å². The first-order valence-electron chi connectivity index (χ1n) is 5.01. The van der Waals surface area contributed by atoms with E-state index in [2.05, 4.69) is 26.2 Å². The number of nitrogen functional groups attached to an aromatic ring is 1. The number of aromatic nitrogens is 1. The molecule has 1 heterocycles. The van der Waals surface area contributed by atoms with E-state index in [0.29, 0.717) is 16.7 Å². The van der Waals surface area contributed by atoms with E-state index in [9.17, 15) is 0 Å². The van der Waals surface area contributed by atoms with Gasteiger partial charge in [0.2, 0.25) is 0 Å². The standard InChI is InChI=1S/C12H11BrClN3/c1-7-6-8(13)2-4-10(7)16-12-9(15)3-5-11(14)17-12/h2-6H,15H2,1H3,(H,16,17). The number of rotatable bonds is 2. The van der Waals surface area contributed by atoms with Crippen LogP contribution in [0.25, 0.3) is 0 Å². The highest BCUT2D eigenvalue weighted by atomic mass is 79.9. The van der Waals surface area contributed by atoms with Gasteiger partial charge in [-0.2, -0.15) is 0 Å². The molecule has 1 aromatic heterocycles. The Bertz CT molecular complexity index is 557. The molecule has 0 fully saturated rings. The molecule has 0 bridgehead atoms. The lowest BCUT2D eigenvalue weighted by atomic mass is 10.2. The van der Waals surface area contributed by atoms with Crippen LogP contribution in [0.1, 0.15) is 5.56 Å². The summed E-state index contributed by atoms with van der Waals surface area (Å²) in [6.07, 6.45) is 0. The predicted molar refractivity (Wildman–Crippen MR) is 75.8 cm³/mol. The Kier molecular flexibility index (Phi) is 3.54. The molecule has 2 rings (SSSR count). The van der Waals surface area contributed by atoms with Crippen LogP contribution in [0.5, 0.6) is 0 Å². The highest BCUT2D eigenvalue weighted by Crippen LogP contribution is 2.26. The number of anilines is 3. The Morgan fingerprint density at radius 3 is 2.76 bits per heavy atom. The summed E-state index contributed by atoms with van der Waals surface area (Å²) in [5, 5.41) is 3.58. The molecule has 5 heteroatoms. The second-order valence-corrected chi connectivity index (χ2v) is 4.96. The minimum absolute atomic E-state index is 0.413. The van der Waals surface area contributed by atoms with Gasteiger partial charge in [-0.15, -0.1) is 0 Å². The van der Waals surface area contributed by atoms with E-state index < -0.39 is 0 Å². The molecule has 0 amide bonds. The van der Waals surface area contributed by atoms with Crippen molar-refractivity contribution in [2.75, 3.05) is 11.1 Å². The predicted octanol–water partition coefficient (Wildman–Crippen LogP) is 4.13. The van der Waals surface area contributed by atoms with E-state index in [1.807, 2.05) is 25.1 Å². The van der Waals surface area contributed by atoms with E-state index >= 15 is 0 Å². The highest BCUT2D eigenvalue weighted by molar-refractivity contribution is 9.10. The van der Waals surface area contributed by atoms with Gasteiger partial charge in [0, 0.05) is 10.2 Å². The molecule has 0 spiro atoms. The number of aryl methyl sites for hydroxylation is 1. The summed E-state index contributed by atoms with van der Waals surface area (Å²) in [4.78, 5) is 4.15. The molecule has 0 aliphatic rings. The molecule has 17 heavy (non-hydrogen) atoms. The van der Waals surface area contributed by atoms with Crippen LogP contribution < -0.4 is 11.1 Å². The number of benzene rings is 1. The number of hydrogen-bond donors (Lipinski definition) is 2. The third kappa shape index (κ3) is 2.90. The Balaban J connectivity index is 2.34. The van der Waals surface area contributed by atoms with Crippen LogP contribution in [0.2, 0.25) is 5.15 Å². The van der Waals surface area contributed by atoms with Gasteiger partial charge in [-0.25, -0.2) is 4.98 Å². The Morgan fingerprint density at radius 2 is 2.06 bits per heavy atom. The number of nitrogens with two attached hydrogens (primary N) is 1. The topological polar surface area (TPSA) is 50.9 Å². The average molecular weight is 313 g/mol. The van der Waals surface area contributed by atoms with Crippen LogP contribution in [0.15, 0.2) is 34.8 Å². The van der Waals surface area contributed by atoms with Crippen molar-refractivity contribution >= 4 is 44.7 Å². The Hall–Kier alpha value is -1.26. The fourth-order valence-electron chi connectivity index (χ4n) is 1.44. The van der Waals surface area contributed by atoms with Crippen molar-refractivity contribution in [1.82, 2.24) is 4.98 Å². The molecule has 0 aliphatic carbocycles. The first-order valence-corrected chi connectivity index (χ1v) is 6.18. The summed E-state index contributed by atoms with van der Waals surface area (Å²) in [7, 11) is 0. The second kappa shape index (κ2) is 4.94. The first-order chi connectivity index (χ1) is 8.06. The van der Waals surface area contributed by atoms with Gasteiger partial charge in [0.15, 0.2) is 5.82 Å². The minimum Gasteiger partial charge on any atom is -0.396 e. The largest absolute Gasteiger partial charge is 0.396 e. The van der Waals surface area contributed by atoms with Crippen molar-refractivity contribution in [3.63, 3.8) is 0 Å². The third-order valence-corrected chi connectivity index (χ3v) is 3.04. The quantitative estimate of drug-likeness (QED) is 0.820. The molecular formula is C12H11BrClN3. The van der Waals surface area contributed by atoms with Gasteiger partial charge >= 0.3 is 0 Å². The maximum Gasteiger partial charge on any atom is 0.155 e. The Labute approximate surface area is 113 Å². The number of nitrogens with one attached hydrogen (secondary N) is 1. The van der Waals surface area contributed by atoms with E-state index in [1.54, 1.807) is 12.1 Å². The SMILES string of the molecule is Cc1cc(Br)ccc1Nc1nc(Cl)ccc1N. The number of hydrogen-bond acceptors (Lipinski definition) is 3. The zero-order valence-corrected chi connectivity index (χ0v) is 11.5. The maximum atomic E-state index is 5.83. The van der Waals surface area contributed by atoms with E-state index in [0.717, 1.165) is 15.7 Å². The van der Waals surface area contributed by atoms with Crippen molar-refractivity contribution in [3.05, 3.63) is 45.5 Å². The number of halogens is 2. The third-order valence-electron chi connectivity index (χ3n) is 2.33. The fourth-order valence-corrected chi connectivity index (χ4v) is 2.06. The molecule has 0 saturated heterocycles. The van der Waals surface area contributed by atoms with Crippen LogP contribution in [0.3, 0.4) is 0 Å². The van der Waals surface area contributed by atoms with Crippen LogP contribution in [0, 0.1) is 6.92 Å². The summed E-state index contributed by atoms with van der Waals surface area (Å²) in [6.45, 7) is 2.01. The van der Waals surface area contributed by atoms with Crippen molar-refractivity contribution in [2.45, 2.75) is 6.92 Å². The van der Waals surface area contributed by atoms with E-state index in [-0.39, 0.29) is 0 Å². The lowest BCUT2D eigenvalue weighted by molar-refractivity contribution is 1.30. The molecular weight excluding hydrogens is 302 g/mol. The first kappa shape index (κ1) is 12.2. The lowest BCUT2D eigenvalue weighted by Gasteiger charge is -2.11. The zero-order valence-electron chi connectivity index (χ0n) is 9.17. The average Bonchev–Trinajstić information content (AvgIpc) is 2.27. The van der Waals surface area contributed by atoms with Gasteiger partial charge in [0.25, 0.3) is 0 Å². The molecule has 88 valence electrons. The maximum absolute atomic E-state index is 5.83. The van der Waals surface area contributed by atoms with Gasteiger partial charge in [-0.1, -0.05) is 27.5 Å². The smallest absolute Gasteiger partial charge is 0.155 e. The van der Waals surface area contributed by atoms with Gasteiger partial charge in [-0.3, -0.25) is 0 Å². The van der Waals surface area contributed by atoms with Crippen molar-refractivity contribution in [2.24, 2.45) is 0 Å². The lowest BCUT2D eigenvalue weighted by Crippen LogP contribution is -2.00. The second-order valence-electron chi connectivity index (χ2n) is 3.66. The summed E-state index contributed by atoms with van der Waals surface area (Å²) < 4.78 is 1.03. The molecule has 3 N–H and O–H groups in total. The molecule has 3 nitrogen and oxygen atoms in total. The van der Waals surface area contributed by atoms with E-state index in [4.69, 9.17) is 17.3 Å². The molecule has 2 aromatic rings. The normalized spacial score (nSPS) is 10.3. The molecule has 0 atom stereocenters. The summed E-state index contributed by atoms with van der Waals surface area (Å²) >= 11 is 9.25. The zero-order chi connectivity index (χ0) is 12.4. The summed E-state index contributed by atoms with van der Waals surface area (Å²) in [5.41, 5.74) is 8.44. The van der Waals surface area contributed by atoms with Crippen LogP contribution in [0.4, 0.5) is 17.2 Å². The van der Waals surface area contributed by atoms with Gasteiger partial charge < -0.3 is 11.1 Å². The number of nitrogens with zero attached hydrogens (tertiary/aromatic N) is 1. The van der Waals surface area contributed by atoms with Crippen molar-refractivity contribution < 1.29 is 0 Å². The molecule has 0 aliphatic heterocycles. The molecule has 0 unspecified atom stereocenters. The summed E-state index contributed by atoms with van der Waals surface area (Å²) in [5.74, 6) is 0.572. The Morgan fingerprint density at radius 1 is 1.29 bits per heavy atom. The molecule has 0 saturated carbocycles. The highest BCUT2D eigenvalue weighted by Gasteiger charge is 2.04. The molecule has 1 aromatic carbocycles. The monoisotopic (exact) mass is 311 g/mol. The molecule has 0 radical (unpaired) electrons. The van der Waals surface area contributed by atoms with Crippen LogP contribution >= 0.6 is 27.5 Å². The fraction of sp³-hybridized carbons (Fsp3) is 0.0833. The summed E-state index contributed by atoms with van der Waals surface area (Å²) in [6, 6.07) is 9.32. The minimum atomic E-state index is 0.413. The van der Waals surface area contributed by atoms with Crippen molar-refractivity contribution in [1.29, 1.82) is 0 Å². The van der Waals surface area contributed by atoms with Crippen LogP contribution in [-0.4, -0.2) is 4.98 Å². The van der Waals surface area contributed by atoms with Gasteiger partial charge in [-0.05, 0) is 42.8 Å².